The van der Waals surface area contributed by atoms with Crippen molar-refractivity contribution in [1.82, 2.24) is 39.1 Å². The van der Waals surface area contributed by atoms with Gasteiger partial charge in [0.2, 0.25) is 12.0 Å². The number of nitrogens with two attached hydrogens (primary N) is 1. The molecule has 216 valence electrons. The topological polar surface area (TPSA) is 114 Å². The van der Waals surface area contributed by atoms with Gasteiger partial charge in [-0.1, -0.05) is 42.5 Å². The number of morpholine rings is 1. The molecule has 11 nitrogen and oxygen atoms in total. The molecule has 7 rings (SSSR count). The lowest BCUT2D eigenvalue weighted by Crippen LogP contribution is -2.60. The fourth-order valence-electron chi connectivity index (χ4n) is 6.20. The van der Waals surface area contributed by atoms with E-state index in [9.17, 15) is 4.79 Å². The fraction of sp³-hybridized carbons (Fsp3) is 0.355. The van der Waals surface area contributed by atoms with Crippen LogP contribution in [0.25, 0.3) is 27.5 Å². The Morgan fingerprint density at radius 1 is 1.10 bits per heavy atom. The van der Waals surface area contributed by atoms with E-state index in [1.54, 1.807) is 4.90 Å². The average molecular weight is 567 g/mol. The highest BCUT2D eigenvalue weighted by Gasteiger charge is 2.39. The summed E-state index contributed by atoms with van der Waals surface area (Å²) < 4.78 is 9.01. The van der Waals surface area contributed by atoms with E-state index in [-0.39, 0.29) is 12.0 Å². The molecule has 11 heteroatoms. The van der Waals surface area contributed by atoms with Crippen molar-refractivity contribution in [2.75, 3.05) is 59.2 Å². The smallest absolute Gasteiger partial charge is 0.236 e. The van der Waals surface area contributed by atoms with Gasteiger partial charge in [0.25, 0.3) is 0 Å². The van der Waals surface area contributed by atoms with Gasteiger partial charge in [0.15, 0.2) is 12.4 Å². The molecule has 2 aromatic carbocycles. The van der Waals surface area contributed by atoms with Crippen LogP contribution in [0.2, 0.25) is 0 Å². The van der Waals surface area contributed by atoms with E-state index in [0.717, 1.165) is 66.0 Å². The SMILES string of the molecule is CN(C)C(=O)CN1CCN2CC(c3cc(-c4ccc5cn(Cc6ccccc6)nc5c4)c4c(N)ncnn34)[OH+]CC2C1. The lowest BCUT2D eigenvalue weighted by molar-refractivity contribution is -0.192. The zero-order valence-electron chi connectivity index (χ0n) is 24.0. The number of carbonyl (C=O) groups excluding carboxylic acids is 1. The highest BCUT2D eigenvalue weighted by atomic mass is 16.5. The number of ether oxygens (including phenoxy) is 1. The number of piperazine rings is 1. The summed E-state index contributed by atoms with van der Waals surface area (Å²) in [5.41, 5.74) is 12.4. The zero-order valence-corrected chi connectivity index (χ0v) is 24.0. The van der Waals surface area contributed by atoms with E-state index in [0.29, 0.717) is 25.0 Å². The molecule has 2 aliphatic rings. The summed E-state index contributed by atoms with van der Waals surface area (Å²) in [6, 6.07) is 19.2. The molecule has 0 bridgehead atoms. The van der Waals surface area contributed by atoms with Crippen molar-refractivity contribution in [2.45, 2.75) is 18.7 Å². The van der Waals surface area contributed by atoms with E-state index in [1.165, 1.54) is 11.9 Å². The van der Waals surface area contributed by atoms with Gasteiger partial charge in [0.1, 0.15) is 17.5 Å². The maximum absolute atomic E-state index is 12.2. The van der Waals surface area contributed by atoms with Crippen LogP contribution in [-0.2, 0) is 11.3 Å². The Morgan fingerprint density at radius 3 is 2.79 bits per heavy atom. The summed E-state index contributed by atoms with van der Waals surface area (Å²) in [7, 11) is 3.62. The Labute approximate surface area is 244 Å². The van der Waals surface area contributed by atoms with Gasteiger partial charge in [0, 0.05) is 50.9 Å². The summed E-state index contributed by atoms with van der Waals surface area (Å²) in [4.78, 5) is 23.0. The first-order valence-electron chi connectivity index (χ1n) is 14.4. The Bertz CT molecular complexity index is 1750. The molecule has 2 unspecified atom stereocenters. The average Bonchev–Trinajstić information content (AvgIpc) is 3.59. The van der Waals surface area contributed by atoms with Gasteiger partial charge in [-0.15, -0.1) is 0 Å². The maximum Gasteiger partial charge on any atom is 0.236 e. The minimum absolute atomic E-state index is 0.0411. The summed E-state index contributed by atoms with van der Waals surface area (Å²) in [6.45, 7) is 5.32. The molecule has 42 heavy (non-hydrogen) atoms. The molecule has 2 atom stereocenters. The summed E-state index contributed by atoms with van der Waals surface area (Å²) in [5, 5.41) is 10.6. The number of hydrogen-bond acceptors (Lipinski definition) is 7. The second-order valence-corrected chi connectivity index (χ2v) is 11.5. The molecule has 0 spiro atoms. The minimum atomic E-state index is -0.0411. The number of nitrogen functional groups attached to an aromatic ring is 1. The maximum atomic E-state index is 12.2. The van der Waals surface area contributed by atoms with E-state index < -0.39 is 0 Å². The van der Waals surface area contributed by atoms with Crippen LogP contribution in [0.5, 0.6) is 0 Å². The molecule has 3 N–H and O–H groups in total. The molecule has 0 aliphatic carbocycles. The third-order valence-electron chi connectivity index (χ3n) is 8.50. The molecule has 1 amide bonds. The number of carbonyl (C=O) groups is 1. The molecule has 5 aromatic rings. The number of hydrogen-bond donors (Lipinski definition) is 1. The number of fused-ring (bicyclic) bond motifs is 3. The summed E-state index contributed by atoms with van der Waals surface area (Å²) in [6.07, 6.45) is 3.55. The quantitative estimate of drug-likeness (QED) is 0.313. The number of amides is 1. The number of anilines is 1. The van der Waals surface area contributed by atoms with Crippen LogP contribution < -0.4 is 5.73 Å². The van der Waals surface area contributed by atoms with Crippen molar-refractivity contribution in [3.8, 4) is 11.1 Å². The van der Waals surface area contributed by atoms with Crippen LogP contribution in [0.4, 0.5) is 5.82 Å². The number of benzene rings is 2. The van der Waals surface area contributed by atoms with Crippen molar-refractivity contribution < 1.29 is 9.53 Å². The van der Waals surface area contributed by atoms with Gasteiger partial charge in [-0.05, 0) is 23.3 Å². The van der Waals surface area contributed by atoms with Crippen LogP contribution in [0.1, 0.15) is 17.4 Å². The zero-order chi connectivity index (χ0) is 28.8. The molecule has 2 saturated heterocycles. The van der Waals surface area contributed by atoms with Gasteiger partial charge in [-0.3, -0.25) is 19.3 Å². The second-order valence-electron chi connectivity index (χ2n) is 11.5. The molecular weight excluding hydrogens is 530 g/mol. The molecule has 5 heterocycles. The number of rotatable bonds is 6. The predicted molar refractivity (Wildman–Crippen MR) is 162 cm³/mol. The largest absolute Gasteiger partial charge is 0.425 e. The number of nitrogens with zero attached hydrogens (tertiary/aromatic N) is 8. The molecule has 0 radical (unpaired) electrons. The molecular formula is C31H36N9O2+. The molecule has 2 aliphatic heterocycles. The lowest BCUT2D eigenvalue weighted by atomic mass is 10.0. The number of aromatic nitrogens is 5. The van der Waals surface area contributed by atoms with Crippen LogP contribution in [0.15, 0.2) is 67.1 Å². The number of aliphatic hydroxyl groups is 2. The highest BCUT2D eigenvalue weighted by Crippen LogP contribution is 2.36. The van der Waals surface area contributed by atoms with Crippen LogP contribution in [-0.4, -0.2) is 109 Å². The first-order chi connectivity index (χ1) is 20.4. The molecule has 2 fully saturated rings. The van der Waals surface area contributed by atoms with E-state index in [1.807, 2.05) is 41.5 Å². The highest BCUT2D eigenvalue weighted by molar-refractivity contribution is 5.92. The third-order valence-corrected chi connectivity index (χ3v) is 8.50. The van der Waals surface area contributed by atoms with E-state index >= 15 is 0 Å². The monoisotopic (exact) mass is 566 g/mol. The van der Waals surface area contributed by atoms with Gasteiger partial charge in [-0.2, -0.15) is 10.2 Å². The molecule has 0 saturated carbocycles. The van der Waals surface area contributed by atoms with Crippen molar-refractivity contribution in [3.05, 3.63) is 78.4 Å². The van der Waals surface area contributed by atoms with E-state index in [4.69, 9.17) is 15.6 Å². The fourth-order valence-corrected chi connectivity index (χ4v) is 6.20. The number of likely N-dealkylation sites (N-methyl/N-ethyl adjacent to an activating group) is 1. The van der Waals surface area contributed by atoms with Crippen LogP contribution in [0, 0.1) is 0 Å². The van der Waals surface area contributed by atoms with Crippen LogP contribution >= 0.6 is 0 Å². The Hall–Kier alpha value is -4.32. The Kier molecular flexibility index (Phi) is 6.85. The normalized spacial score (nSPS) is 19.8. The van der Waals surface area contributed by atoms with Crippen LogP contribution in [0.3, 0.4) is 0 Å². The Balaban J connectivity index is 1.15. The van der Waals surface area contributed by atoms with E-state index in [2.05, 4.69) is 62.5 Å². The van der Waals surface area contributed by atoms with Crippen molar-refractivity contribution >= 4 is 28.1 Å². The third kappa shape index (κ3) is 5.00. The van der Waals surface area contributed by atoms with Gasteiger partial charge >= 0.3 is 0 Å². The van der Waals surface area contributed by atoms with Gasteiger partial charge in [0.05, 0.1) is 31.2 Å². The van der Waals surface area contributed by atoms with Crippen molar-refractivity contribution in [1.29, 1.82) is 0 Å². The first kappa shape index (κ1) is 26.6. The summed E-state index contributed by atoms with van der Waals surface area (Å²) >= 11 is 0. The standard InChI is InChI=1S/C31H35N9O2/c1-36(2)29(41)18-37-10-11-38-17-28(42-19-24(38)16-37)27-13-25(30-31(32)33-20-34-40(27)30)22-8-9-23-15-39(35-26(23)12-22)14-21-6-4-3-5-7-21/h3-9,12-13,15,20,24,28H,10-11,14,16-19H2,1-2H3,(H2,32,33,34)/p+1. The van der Waals surface area contributed by atoms with Gasteiger partial charge in [-0.25, -0.2) is 9.50 Å². The minimum Gasteiger partial charge on any atom is -0.425 e. The summed E-state index contributed by atoms with van der Waals surface area (Å²) in [5.74, 6) is 0.577. The predicted octanol–water partition coefficient (Wildman–Crippen LogP) is 2.03. The second kappa shape index (κ2) is 10.8. The Morgan fingerprint density at radius 2 is 1.95 bits per heavy atom. The molecule has 3 aromatic heterocycles. The van der Waals surface area contributed by atoms with Gasteiger partial charge < -0.3 is 15.4 Å². The van der Waals surface area contributed by atoms with Crippen molar-refractivity contribution in [3.63, 3.8) is 0 Å². The first-order valence-corrected chi connectivity index (χ1v) is 14.4. The lowest BCUT2D eigenvalue weighted by Gasteiger charge is -2.43. The van der Waals surface area contributed by atoms with Crippen molar-refractivity contribution in [2.24, 2.45) is 0 Å².